The number of nitrogens with zero attached hydrogens (tertiary/aromatic N) is 2. The lowest BCUT2D eigenvalue weighted by Crippen LogP contribution is -2.46. The van der Waals surface area contributed by atoms with Gasteiger partial charge in [0.2, 0.25) is 5.91 Å². The number of aryl methyl sites for hydroxylation is 1. The third-order valence-electron chi connectivity index (χ3n) is 6.59. The minimum atomic E-state index is -0.0568. The molecule has 3 rings (SSSR count). The molecule has 1 aliphatic heterocycles. The van der Waals surface area contributed by atoms with E-state index in [-0.39, 0.29) is 17.9 Å². The molecule has 0 spiro atoms. The number of benzene rings is 2. The lowest BCUT2D eigenvalue weighted by atomic mass is 10.00. The molecule has 0 radical (unpaired) electrons. The number of fused-ring (bicyclic) bond motifs is 1. The first-order valence-corrected chi connectivity index (χ1v) is 12.7. The second kappa shape index (κ2) is 13.3. The number of ether oxygens (including phenoxy) is 2. The molecule has 0 saturated heterocycles. The molecule has 0 aromatic heterocycles. The van der Waals surface area contributed by atoms with Gasteiger partial charge in [-0.05, 0) is 55.4 Å². The fourth-order valence-corrected chi connectivity index (χ4v) is 4.64. The molecule has 0 bridgehead atoms. The molecule has 1 atom stereocenters. The van der Waals surface area contributed by atoms with Crippen molar-refractivity contribution in [1.29, 1.82) is 0 Å². The summed E-state index contributed by atoms with van der Waals surface area (Å²) in [4.78, 5) is 30.8. The molecule has 0 saturated carbocycles. The molecule has 35 heavy (non-hydrogen) atoms. The molecule has 1 aliphatic rings. The van der Waals surface area contributed by atoms with E-state index in [4.69, 9.17) is 9.47 Å². The molecular formula is C29H40N2O4. The maximum atomic E-state index is 13.6. The van der Waals surface area contributed by atoms with E-state index in [0.717, 1.165) is 30.4 Å². The van der Waals surface area contributed by atoms with Gasteiger partial charge in [-0.3, -0.25) is 9.59 Å². The summed E-state index contributed by atoms with van der Waals surface area (Å²) in [5.41, 5.74) is 2.76. The van der Waals surface area contributed by atoms with Gasteiger partial charge in [-0.1, -0.05) is 50.2 Å². The topological polar surface area (TPSA) is 59.1 Å². The SMILES string of the molecule is COCCN1CCCCN(C(=O)Cc2ccccc2C)[C@@H](CC(C)C)COc2ccccc2C1=O. The predicted molar refractivity (Wildman–Crippen MR) is 139 cm³/mol. The van der Waals surface area contributed by atoms with Gasteiger partial charge in [-0.15, -0.1) is 0 Å². The van der Waals surface area contributed by atoms with Crippen LogP contribution in [-0.2, 0) is 16.0 Å². The third kappa shape index (κ3) is 7.56. The highest BCUT2D eigenvalue weighted by atomic mass is 16.5. The fraction of sp³-hybridized carbons (Fsp3) is 0.517. The number of carbonyl (C=O) groups excluding carboxylic acids is 2. The molecule has 6 nitrogen and oxygen atoms in total. The average molecular weight is 481 g/mol. The maximum Gasteiger partial charge on any atom is 0.257 e. The molecule has 0 unspecified atom stereocenters. The minimum absolute atomic E-state index is 0.0360. The predicted octanol–water partition coefficient (Wildman–Crippen LogP) is 4.74. The Morgan fingerprint density at radius 1 is 1.09 bits per heavy atom. The van der Waals surface area contributed by atoms with Crippen LogP contribution in [0.5, 0.6) is 5.75 Å². The quantitative estimate of drug-likeness (QED) is 0.574. The lowest BCUT2D eigenvalue weighted by molar-refractivity contribution is -0.134. The Morgan fingerprint density at radius 2 is 1.80 bits per heavy atom. The average Bonchev–Trinajstić information content (AvgIpc) is 2.84. The van der Waals surface area contributed by atoms with Crippen LogP contribution in [-0.4, -0.2) is 67.6 Å². The van der Waals surface area contributed by atoms with Crippen molar-refractivity contribution in [2.24, 2.45) is 5.92 Å². The van der Waals surface area contributed by atoms with Crippen LogP contribution in [0.3, 0.4) is 0 Å². The number of amides is 2. The van der Waals surface area contributed by atoms with Crippen molar-refractivity contribution < 1.29 is 19.1 Å². The smallest absolute Gasteiger partial charge is 0.257 e. The van der Waals surface area contributed by atoms with Crippen LogP contribution in [0.4, 0.5) is 0 Å². The van der Waals surface area contributed by atoms with Crippen molar-refractivity contribution in [3.63, 3.8) is 0 Å². The lowest BCUT2D eigenvalue weighted by Gasteiger charge is -2.34. The highest BCUT2D eigenvalue weighted by Crippen LogP contribution is 2.24. The fourth-order valence-electron chi connectivity index (χ4n) is 4.64. The Bertz CT molecular complexity index is 975. The molecule has 0 aliphatic carbocycles. The van der Waals surface area contributed by atoms with Gasteiger partial charge in [0.25, 0.3) is 5.91 Å². The van der Waals surface area contributed by atoms with E-state index in [2.05, 4.69) is 26.8 Å². The Hall–Kier alpha value is -2.86. The zero-order chi connectivity index (χ0) is 25.2. The second-order valence-corrected chi connectivity index (χ2v) is 9.77. The molecule has 1 heterocycles. The monoisotopic (exact) mass is 480 g/mol. The van der Waals surface area contributed by atoms with Gasteiger partial charge < -0.3 is 19.3 Å². The standard InChI is InChI=1S/C29H40N2O4/c1-22(2)19-25-21-35-27-14-8-7-13-26(27)29(33)30(17-18-34-4)15-9-10-16-31(25)28(32)20-24-12-6-5-11-23(24)3/h5-8,11-14,22,25H,9-10,15-21H2,1-4H3/t25-/m0/s1. The van der Waals surface area contributed by atoms with Crippen LogP contribution in [0.2, 0.25) is 0 Å². The number of carbonyl (C=O) groups is 2. The summed E-state index contributed by atoms with van der Waals surface area (Å²) < 4.78 is 11.5. The van der Waals surface area contributed by atoms with Gasteiger partial charge in [0, 0.05) is 26.7 Å². The summed E-state index contributed by atoms with van der Waals surface area (Å²) in [6.07, 6.45) is 2.87. The van der Waals surface area contributed by atoms with Crippen LogP contribution in [0.1, 0.15) is 54.6 Å². The van der Waals surface area contributed by atoms with E-state index < -0.39 is 0 Å². The van der Waals surface area contributed by atoms with Gasteiger partial charge in [0.1, 0.15) is 12.4 Å². The van der Waals surface area contributed by atoms with Gasteiger partial charge in [0.15, 0.2) is 0 Å². The van der Waals surface area contributed by atoms with Crippen molar-refractivity contribution in [3.8, 4) is 5.75 Å². The van der Waals surface area contributed by atoms with Crippen LogP contribution in [0.25, 0.3) is 0 Å². The van der Waals surface area contributed by atoms with Crippen LogP contribution < -0.4 is 4.74 Å². The van der Waals surface area contributed by atoms with Crippen LogP contribution in [0.15, 0.2) is 48.5 Å². The van der Waals surface area contributed by atoms with Gasteiger partial charge in [-0.25, -0.2) is 0 Å². The normalized spacial score (nSPS) is 17.4. The van der Waals surface area contributed by atoms with E-state index in [0.29, 0.717) is 56.5 Å². The van der Waals surface area contributed by atoms with Crippen molar-refractivity contribution in [3.05, 3.63) is 65.2 Å². The Kier molecular flexibility index (Phi) is 10.2. The Labute approximate surface area is 210 Å². The first-order chi connectivity index (χ1) is 16.9. The number of rotatable bonds is 7. The first-order valence-electron chi connectivity index (χ1n) is 12.7. The number of hydrogen-bond acceptors (Lipinski definition) is 4. The molecule has 2 amide bonds. The highest BCUT2D eigenvalue weighted by Gasteiger charge is 2.27. The summed E-state index contributed by atoms with van der Waals surface area (Å²) >= 11 is 0. The minimum Gasteiger partial charge on any atom is -0.491 e. The van der Waals surface area contributed by atoms with Crippen LogP contribution in [0, 0.1) is 12.8 Å². The van der Waals surface area contributed by atoms with Gasteiger partial charge in [0.05, 0.1) is 24.6 Å². The molecule has 190 valence electrons. The summed E-state index contributed by atoms with van der Waals surface area (Å²) in [7, 11) is 1.64. The first kappa shape index (κ1) is 26.7. The zero-order valence-electron chi connectivity index (χ0n) is 21.7. The van der Waals surface area contributed by atoms with E-state index >= 15 is 0 Å². The molecule has 0 fully saturated rings. The van der Waals surface area contributed by atoms with Gasteiger partial charge >= 0.3 is 0 Å². The van der Waals surface area contributed by atoms with Crippen molar-refractivity contribution in [2.45, 2.75) is 52.5 Å². The second-order valence-electron chi connectivity index (χ2n) is 9.77. The van der Waals surface area contributed by atoms with E-state index in [1.165, 1.54) is 0 Å². The van der Waals surface area contributed by atoms with Crippen LogP contribution >= 0.6 is 0 Å². The largest absolute Gasteiger partial charge is 0.491 e. The summed E-state index contributed by atoms with van der Waals surface area (Å²) in [6.45, 7) is 9.03. The number of hydrogen-bond donors (Lipinski definition) is 0. The molecule has 0 N–H and O–H groups in total. The van der Waals surface area contributed by atoms with E-state index in [1.807, 2.05) is 52.3 Å². The van der Waals surface area contributed by atoms with Gasteiger partial charge in [-0.2, -0.15) is 0 Å². The Morgan fingerprint density at radius 3 is 2.54 bits per heavy atom. The molecular weight excluding hydrogens is 440 g/mol. The molecule has 2 aromatic carbocycles. The van der Waals surface area contributed by atoms with E-state index in [9.17, 15) is 9.59 Å². The van der Waals surface area contributed by atoms with Crippen molar-refractivity contribution in [2.75, 3.05) is 40.0 Å². The zero-order valence-corrected chi connectivity index (χ0v) is 21.7. The summed E-state index contributed by atoms with van der Waals surface area (Å²) in [5.74, 6) is 1.07. The summed E-state index contributed by atoms with van der Waals surface area (Å²) in [6, 6.07) is 15.4. The summed E-state index contributed by atoms with van der Waals surface area (Å²) in [5, 5.41) is 0. The molecule has 6 heteroatoms. The third-order valence-corrected chi connectivity index (χ3v) is 6.59. The van der Waals surface area contributed by atoms with E-state index in [1.54, 1.807) is 7.11 Å². The number of methoxy groups -OCH3 is 1. The molecule has 2 aromatic rings. The number of para-hydroxylation sites is 1. The maximum absolute atomic E-state index is 13.6. The Balaban J connectivity index is 1.89. The van der Waals surface area contributed by atoms with Crippen molar-refractivity contribution in [1.82, 2.24) is 9.80 Å². The highest BCUT2D eigenvalue weighted by molar-refractivity contribution is 5.97. The van der Waals surface area contributed by atoms with Crippen molar-refractivity contribution >= 4 is 11.8 Å².